The van der Waals surface area contributed by atoms with Crippen LogP contribution in [0.2, 0.25) is 5.02 Å². The molecule has 3 nitrogen and oxygen atoms in total. The van der Waals surface area contributed by atoms with E-state index in [0.29, 0.717) is 6.04 Å². The number of benzene rings is 1. The van der Waals surface area contributed by atoms with E-state index in [-0.39, 0.29) is 6.61 Å². The van der Waals surface area contributed by atoms with Gasteiger partial charge in [0.1, 0.15) is 0 Å². The van der Waals surface area contributed by atoms with Crippen molar-refractivity contribution in [3.8, 4) is 0 Å². The van der Waals surface area contributed by atoms with Gasteiger partial charge in [0.2, 0.25) is 0 Å². The third kappa shape index (κ3) is 3.23. The smallest absolute Gasteiger partial charge is 0.0449 e. The maximum absolute atomic E-state index is 9.28. The van der Waals surface area contributed by atoms with Crippen LogP contribution in [0.15, 0.2) is 18.2 Å². The lowest BCUT2D eigenvalue weighted by molar-refractivity contribution is 0.141. The molecule has 0 aliphatic carbocycles. The number of hydrogen-bond acceptors (Lipinski definition) is 3. The van der Waals surface area contributed by atoms with Crippen molar-refractivity contribution in [3.05, 3.63) is 34.3 Å². The SMILES string of the molecule is Cc1cc([C@@H](CCO)N2CCNCC2)ccc1Cl. The zero-order valence-electron chi connectivity index (χ0n) is 10.8. The number of hydrogen-bond donors (Lipinski definition) is 2. The molecule has 0 radical (unpaired) electrons. The van der Waals surface area contributed by atoms with E-state index in [1.807, 2.05) is 13.0 Å². The molecule has 0 amide bonds. The lowest BCUT2D eigenvalue weighted by Crippen LogP contribution is -2.45. The zero-order chi connectivity index (χ0) is 13.0. The van der Waals surface area contributed by atoms with E-state index in [1.165, 1.54) is 5.56 Å². The van der Waals surface area contributed by atoms with E-state index in [9.17, 15) is 5.11 Å². The molecule has 1 saturated heterocycles. The second-order valence-electron chi connectivity index (χ2n) is 4.82. The van der Waals surface area contributed by atoms with Gasteiger partial charge in [0.25, 0.3) is 0 Å². The Labute approximate surface area is 114 Å². The molecule has 1 aromatic carbocycles. The number of nitrogens with zero attached hydrogens (tertiary/aromatic N) is 1. The first kappa shape index (κ1) is 13.8. The number of nitrogens with one attached hydrogen (secondary N) is 1. The molecule has 4 heteroatoms. The van der Waals surface area contributed by atoms with Crippen LogP contribution in [0.1, 0.15) is 23.6 Å². The number of aliphatic hydroxyl groups excluding tert-OH is 1. The monoisotopic (exact) mass is 268 g/mol. The van der Waals surface area contributed by atoms with Crippen molar-refractivity contribution in [2.24, 2.45) is 0 Å². The van der Waals surface area contributed by atoms with Crippen LogP contribution in [-0.2, 0) is 0 Å². The molecule has 2 N–H and O–H groups in total. The van der Waals surface area contributed by atoms with Crippen LogP contribution in [0.4, 0.5) is 0 Å². The van der Waals surface area contributed by atoms with Gasteiger partial charge in [-0.25, -0.2) is 0 Å². The van der Waals surface area contributed by atoms with E-state index >= 15 is 0 Å². The normalized spacial score (nSPS) is 18.8. The first-order chi connectivity index (χ1) is 8.72. The summed E-state index contributed by atoms with van der Waals surface area (Å²) in [5, 5.41) is 13.4. The molecule has 1 aromatic rings. The molecule has 0 spiro atoms. The molecule has 2 rings (SSSR count). The number of aliphatic hydroxyl groups is 1. The van der Waals surface area contributed by atoms with E-state index in [2.05, 4.69) is 22.3 Å². The van der Waals surface area contributed by atoms with Gasteiger partial charge in [0, 0.05) is 43.9 Å². The molecule has 1 fully saturated rings. The topological polar surface area (TPSA) is 35.5 Å². The summed E-state index contributed by atoms with van der Waals surface area (Å²) in [6, 6.07) is 6.48. The molecule has 0 aromatic heterocycles. The van der Waals surface area contributed by atoms with Gasteiger partial charge < -0.3 is 10.4 Å². The van der Waals surface area contributed by atoms with Crippen LogP contribution in [0.3, 0.4) is 0 Å². The molecule has 18 heavy (non-hydrogen) atoms. The molecule has 0 unspecified atom stereocenters. The van der Waals surface area contributed by atoms with E-state index in [0.717, 1.165) is 43.2 Å². The Morgan fingerprint density at radius 3 is 2.72 bits per heavy atom. The summed E-state index contributed by atoms with van der Waals surface area (Å²) in [4.78, 5) is 2.44. The van der Waals surface area contributed by atoms with Crippen LogP contribution in [-0.4, -0.2) is 42.8 Å². The van der Waals surface area contributed by atoms with Crippen LogP contribution < -0.4 is 5.32 Å². The summed E-state index contributed by atoms with van der Waals surface area (Å²) in [7, 11) is 0. The molecule has 1 aliphatic rings. The molecule has 0 saturated carbocycles. The summed E-state index contributed by atoms with van der Waals surface area (Å²) in [6.45, 7) is 6.36. The van der Waals surface area contributed by atoms with Gasteiger partial charge in [-0.05, 0) is 30.5 Å². The summed E-state index contributed by atoms with van der Waals surface area (Å²) in [5.74, 6) is 0. The summed E-state index contributed by atoms with van der Waals surface area (Å²) < 4.78 is 0. The summed E-state index contributed by atoms with van der Waals surface area (Å²) in [5.41, 5.74) is 2.36. The fourth-order valence-corrected chi connectivity index (χ4v) is 2.67. The minimum Gasteiger partial charge on any atom is -0.396 e. The Kier molecular flexibility index (Phi) is 5.01. The average Bonchev–Trinajstić information content (AvgIpc) is 2.40. The molecule has 100 valence electrons. The van der Waals surface area contributed by atoms with Crippen LogP contribution >= 0.6 is 11.6 Å². The van der Waals surface area contributed by atoms with Gasteiger partial charge in [-0.1, -0.05) is 23.7 Å². The minimum atomic E-state index is 0.219. The van der Waals surface area contributed by atoms with Gasteiger partial charge in [-0.2, -0.15) is 0 Å². The maximum atomic E-state index is 9.28. The maximum Gasteiger partial charge on any atom is 0.0449 e. The predicted molar refractivity (Wildman–Crippen MR) is 75.1 cm³/mol. The van der Waals surface area contributed by atoms with Gasteiger partial charge in [-0.3, -0.25) is 4.90 Å². The molecule has 1 atom stereocenters. The van der Waals surface area contributed by atoms with E-state index in [1.54, 1.807) is 0 Å². The van der Waals surface area contributed by atoms with E-state index in [4.69, 9.17) is 11.6 Å². The number of halogens is 1. The average molecular weight is 269 g/mol. The summed E-state index contributed by atoms with van der Waals surface area (Å²) in [6.07, 6.45) is 0.779. The Bertz CT molecular complexity index is 391. The first-order valence-electron chi connectivity index (χ1n) is 6.54. The highest BCUT2D eigenvalue weighted by molar-refractivity contribution is 6.31. The standard InChI is InChI=1S/C14H21ClN2O/c1-11-10-12(2-3-13(11)15)14(4-9-18)17-7-5-16-6-8-17/h2-3,10,14,16,18H,4-9H2,1H3/t14-/m1/s1. The quantitative estimate of drug-likeness (QED) is 0.877. The lowest BCUT2D eigenvalue weighted by atomic mass is 9.99. The molecule has 1 aliphatic heterocycles. The lowest BCUT2D eigenvalue weighted by Gasteiger charge is -2.35. The van der Waals surface area contributed by atoms with Crippen molar-refractivity contribution in [2.75, 3.05) is 32.8 Å². The highest BCUT2D eigenvalue weighted by atomic mass is 35.5. The highest BCUT2D eigenvalue weighted by Gasteiger charge is 2.21. The van der Waals surface area contributed by atoms with Gasteiger partial charge >= 0.3 is 0 Å². The third-order valence-electron chi connectivity index (χ3n) is 3.56. The minimum absolute atomic E-state index is 0.219. The van der Waals surface area contributed by atoms with Crippen molar-refractivity contribution >= 4 is 11.6 Å². The first-order valence-corrected chi connectivity index (χ1v) is 6.92. The van der Waals surface area contributed by atoms with Gasteiger partial charge in [0.05, 0.1) is 0 Å². The van der Waals surface area contributed by atoms with Crippen molar-refractivity contribution in [1.82, 2.24) is 10.2 Å². The highest BCUT2D eigenvalue weighted by Crippen LogP contribution is 2.27. The Balaban J connectivity index is 2.19. The number of aryl methyl sites for hydroxylation is 1. The van der Waals surface area contributed by atoms with Crippen LogP contribution in [0.25, 0.3) is 0 Å². The zero-order valence-corrected chi connectivity index (χ0v) is 11.6. The van der Waals surface area contributed by atoms with Crippen LogP contribution in [0.5, 0.6) is 0 Å². The second kappa shape index (κ2) is 6.53. The summed E-state index contributed by atoms with van der Waals surface area (Å²) >= 11 is 6.08. The Morgan fingerprint density at radius 1 is 1.39 bits per heavy atom. The number of piperazine rings is 1. The van der Waals surface area contributed by atoms with Crippen molar-refractivity contribution < 1.29 is 5.11 Å². The third-order valence-corrected chi connectivity index (χ3v) is 3.99. The van der Waals surface area contributed by atoms with Crippen LogP contribution in [0, 0.1) is 6.92 Å². The number of rotatable bonds is 4. The molecule has 0 bridgehead atoms. The van der Waals surface area contributed by atoms with Crippen molar-refractivity contribution in [2.45, 2.75) is 19.4 Å². The molecular weight excluding hydrogens is 248 g/mol. The molecular formula is C14H21ClN2O. The van der Waals surface area contributed by atoms with Gasteiger partial charge in [-0.15, -0.1) is 0 Å². The Hall–Kier alpha value is -0.610. The fraction of sp³-hybridized carbons (Fsp3) is 0.571. The predicted octanol–water partition coefficient (Wildman–Crippen LogP) is 1.98. The molecule has 1 heterocycles. The largest absolute Gasteiger partial charge is 0.396 e. The second-order valence-corrected chi connectivity index (χ2v) is 5.23. The fourth-order valence-electron chi connectivity index (χ4n) is 2.55. The van der Waals surface area contributed by atoms with Gasteiger partial charge in [0.15, 0.2) is 0 Å². The van der Waals surface area contributed by atoms with Crippen molar-refractivity contribution in [1.29, 1.82) is 0 Å². The van der Waals surface area contributed by atoms with Crippen molar-refractivity contribution in [3.63, 3.8) is 0 Å². The van der Waals surface area contributed by atoms with E-state index < -0.39 is 0 Å². The Morgan fingerprint density at radius 2 is 2.11 bits per heavy atom.